The number of nitrogen functional groups attached to an aromatic ring is 1. The molecule has 0 atom stereocenters. The van der Waals surface area contributed by atoms with Gasteiger partial charge in [-0.15, -0.1) is 10.2 Å². The Morgan fingerprint density at radius 1 is 1.30 bits per heavy atom. The largest absolute Gasteiger partial charge is 0.374 e. The number of halogens is 2. The summed E-state index contributed by atoms with van der Waals surface area (Å²) in [5, 5.41) is 8.86. The summed E-state index contributed by atoms with van der Waals surface area (Å²) >= 11 is 12.9. The van der Waals surface area contributed by atoms with Gasteiger partial charge in [0.2, 0.25) is 15.2 Å². The molecule has 0 spiro atoms. The van der Waals surface area contributed by atoms with Gasteiger partial charge in [0.1, 0.15) is 9.90 Å². The van der Waals surface area contributed by atoms with Crippen molar-refractivity contribution in [2.45, 2.75) is 11.3 Å². The van der Waals surface area contributed by atoms with Crippen molar-refractivity contribution in [3.63, 3.8) is 0 Å². The van der Waals surface area contributed by atoms with Crippen molar-refractivity contribution in [2.75, 3.05) is 12.3 Å². The number of anilines is 1. The molecule has 1 heterocycles. The molecular formula is C10H10Cl2N4O2S2. The van der Waals surface area contributed by atoms with Gasteiger partial charge >= 0.3 is 0 Å². The maximum Gasteiger partial charge on any atom is 0.242 e. The molecule has 0 saturated heterocycles. The first-order valence-corrected chi connectivity index (χ1v) is 8.46. The van der Waals surface area contributed by atoms with Crippen molar-refractivity contribution in [3.05, 3.63) is 33.3 Å². The molecule has 0 unspecified atom stereocenters. The number of sulfonamides is 1. The highest BCUT2D eigenvalue weighted by atomic mass is 35.5. The van der Waals surface area contributed by atoms with Crippen molar-refractivity contribution in [2.24, 2.45) is 0 Å². The van der Waals surface area contributed by atoms with Crippen LogP contribution >= 0.6 is 34.5 Å². The molecule has 1 aromatic carbocycles. The Kier molecular flexibility index (Phi) is 4.82. The van der Waals surface area contributed by atoms with E-state index in [9.17, 15) is 8.42 Å². The maximum absolute atomic E-state index is 12.1. The summed E-state index contributed by atoms with van der Waals surface area (Å²) in [6, 6.07) is 4.26. The van der Waals surface area contributed by atoms with Gasteiger partial charge in [-0.25, -0.2) is 13.1 Å². The predicted octanol–water partition coefficient (Wildman–Crippen LogP) is 1.95. The summed E-state index contributed by atoms with van der Waals surface area (Å²) in [6.45, 7) is 0.166. The Labute approximate surface area is 130 Å². The number of nitrogens with one attached hydrogen (secondary N) is 1. The molecule has 0 aliphatic heterocycles. The van der Waals surface area contributed by atoms with Crippen LogP contribution < -0.4 is 10.5 Å². The molecule has 2 aromatic rings. The zero-order valence-electron chi connectivity index (χ0n) is 10.0. The average molecular weight is 353 g/mol. The van der Waals surface area contributed by atoms with Gasteiger partial charge in [-0.05, 0) is 18.2 Å². The summed E-state index contributed by atoms with van der Waals surface area (Å²) < 4.78 is 26.6. The van der Waals surface area contributed by atoms with E-state index in [-0.39, 0.29) is 16.5 Å². The van der Waals surface area contributed by atoms with Crippen LogP contribution in [0.15, 0.2) is 23.1 Å². The van der Waals surface area contributed by atoms with Crippen LogP contribution in [0.25, 0.3) is 0 Å². The molecular weight excluding hydrogens is 343 g/mol. The van der Waals surface area contributed by atoms with Crippen LogP contribution in [0.3, 0.4) is 0 Å². The molecule has 0 saturated carbocycles. The third kappa shape index (κ3) is 3.80. The van der Waals surface area contributed by atoms with E-state index in [0.29, 0.717) is 21.6 Å². The fourth-order valence-electron chi connectivity index (χ4n) is 1.42. The Morgan fingerprint density at radius 2 is 2.05 bits per heavy atom. The van der Waals surface area contributed by atoms with Gasteiger partial charge in [-0.2, -0.15) is 0 Å². The molecule has 20 heavy (non-hydrogen) atoms. The zero-order chi connectivity index (χ0) is 14.8. The van der Waals surface area contributed by atoms with Gasteiger partial charge in [0, 0.05) is 18.0 Å². The second kappa shape index (κ2) is 6.23. The lowest BCUT2D eigenvalue weighted by atomic mass is 10.4. The molecule has 1 aromatic heterocycles. The molecule has 2 rings (SSSR count). The van der Waals surface area contributed by atoms with Gasteiger partial charge in [-0.1, -0.05) is 34.5 Å². The normalized spacial score (nSPS) is 11.7. The topological polar surface area (TPSA) is 98.0 Å². The van der Waals surface area contributed by atoms with E-state index in [1.807, 2.05) is 0 Å². The molecule has 0 fully saturated rings. The van der Waals surface area contributed by atoms with Crippen LogP contribution in [0.1, 0.15) is 5.01 Å². The zero-order valence-corrected chi connectivity index (χ0v) is 13.2. The number of rotatable bonds is 5. The molecule has 0 radical (unpaired) electrons. The molecule has 3 N–H and O–H groups in total. The van der Waals surface area contributed by atoms with Gasteiger partial charge < -0.3 is 5.73 Å². The lowest BCUT2D eigenvalue weighted by Gasteiger charge is -2.07. The van der Waals surface area contributed by atoms with Crippen molar-refractivity contribution < 1.29 is 8.42 Å². The number of nitrogens with two attached hydrogens (primary N) is 1. The van der Waals surface area contributed by atoms with E-state index < -0.39 is 10.0 Å². The first-order valence-electron chi connectivity index (χ1n) is 5.41. The van der Waals surface area contributed by atoms with Crippen molar-refractivity contribution in [1.82, 2.24) is 14.9 Å². The molecule has 0 aliphatic rings. The Balaban J connectivity index is 2.06. The van der Waals surface area contributed by atoms with Crippen LogP contribution in [0, 0.1) is 0 Å². The summed E-state index contributed by atoms with van der Waals surface area (Å²) in [7, 11) is -3.72. The molecule has 0 aliphatic carbocycles. The Bertz CT molecular complexity index is 718. The van der Waals surface area contributed by atoms with E-state index in [1.54, 1.807) is 0 Å². The minimum absolute atomic E-state index is 0.0524. The fourth-order valence-corrected chi connectivity index (χ4v) is 3.82. The smallest absolute Gasteiger partial charge is 0.242 e. The molecule has 0 bridgehead atoms. The first-order chi connectivity index (χ1) is 9.38. The van der Waals surface area contributed by atoms with E-state index >= 15 is 0 Å². The molecule has 10 heteroatoms. The van der Waals surface area contributed by atoms with E-state index in [1.165, 1.54) is 29.5 Å². The number of hydrogen-bond acceptors (Lipinski definition) is 6. The third-order valence-electron chi connectivity index (χ3n) is 2.30. The highest BCUT2D eigenvalue weighted by Crippen LogP contribution is 2.24. The van der Waals surface area contributed by atoms with E-state index in [0.717, 1.165) is 0 Å². The molecule has 0 amide bonds. The number of hydrogen-bond donors (Lipinski definition) is 2. The minimum atomic E-state index is -3.72. The lowest BCUT2D eigenvalue weighted by molar-refractivity contribution is 0.581. The number of nitrogens with zero attached hydrogens (tertiary/aromatic N) is 2. The third-order valence-corrected chi connectivity index (χ3v) is 5.29. The van der Waals surface area contributed by atoms with Gasteiger partial charge in [-0.3, -0.25) is 0 Å². The van der Waals surface area contributed by atoms with Crippen LogP contribution in [0.4, 0.5) is 5.13 Å². The maximum atomic E-state index is 12.1. The summed E-state index contributed by atoms with van der Waals surface area (Å²) in [5.41, 5.74) is 5.44. The lowest BCUT2D eigenvalue weighted by Crippen LogP contribution is -2.26. The predicted molar refractivity (Wildman–Crippen MR) is 79.7 cm³/mol. The van der Waals surface area contributed by atoms with Crippen molar-refractivity contribution in [3.8, 4) is 0 Å². The SMILES string of the molecule is Nc1nnc(CCNS(=O)(=O)c2cc(Cl)ccc2Cl)s1. The van der Waals surface area contributed by atoms with Crippen LogP contribution in [-0.4, -0.2) is 25.2 Å². The quantitative estimate of drug-likeness (QED) is 0.856. The number of aromatic nitrogens is 2. The van der Waals surface area contributed by atoms with Crippen molar-refractivity contribution >= 4 is 49.7 Å². The highest BCUT2D eigenvalue weighted by molar-refractivity contribution is 7.89. The van der Waals surface area contributed by atoms with Gasteiger partial charge in [0.25, 0.3) is 0 Å². The Morgan fingerprint density at radius 3 is 2.70 bits per heavy atom. The fraction of sp³-hybridized carbons (Fsp3) is 0.200. The second-order valence-corrected chi connectivity index (χ2v) is 7.43. The van der Waals surface area contributed by atoms with Crippen molar-refractivity contribution in [1.29, 1.82) is 0 Å². The van der Waals surface area contributed by atoms with Crippen LogP contribution in [0.2, 0.25) is 10.0 Å². The molecule has 6 nitrogen and oxygen atoms in total. The average Bonchev–Trinajstić information content (AvgIpc) is 2.78. The number of benzene rings is 1. The highest BCUT2D eigenvalue weighted by Gasteiger charge is 2.18. The standard InChI is InChI=1S/C10H10Cl2N4O2S2/c11-6-1-2-7(12)8(5-6)20(17,18)14-4-3-9-15-16-10(13)19-9/h1-2,5,14H,3-4H2,(H2,13,16). The molecule has 108 valence electrons. The van der Waals surface area contributed by atoms with E-state index in [2.05, 4.69) is 14.9 Å². The summed E-state index contributed by atoms with van der Waals surface area (Å²) in [4.78, 5) is -0.0524. The van der Waals surface area contributed by atoms with E-state index in [4.69, 9.17) is 28.9 Å². The van der Waals surface area contributed by atoms with Crippen LogP contribution in [0.5, 0.6) is 0 Å². The first kappa shape index (κ1) is 15.5. The summed E-state index contributed by atoms with van der Waals surface area (Å²) in [6.07, 6.45) is 0.395. The van der Waals surface area contributed by atoms with Gasteiger partial charge in [0.15, 0.2) is 0 Å². The second-order valence-electron chi connectivity index (χ2n) is 3.76. The van der Waals surface area contributed by atoms with Crippen LogP contribution in [-0.2, 0) is 16.4 Å². The summed E-state index contributed by atoms with van der Waals surface area (Å²) in [5.74, 6) is 0. The Hall–Kier alpha value is -0.930. The minimum Gasteiger partial charge on any atom is -0.374 e. The van der Waals surface area contributed by atoms with Gasteiger partial charge in [0.05, 0.1) is 5.02 Å². The monoisotopic (exact) mass is 352 g/mol.